The molecule has 2 aliphatic rings. The Morgan fingerprint density at radius 3 is 2.53 bits per heavy atom. The first-order chi connectivity index (χ1) is 9.43. The van der Waals surface area contributed by atoms with Crippen molar-refractivity contribution in [3.63, 3.8) is 0 Å². The number of hydrogen-bond acceptors (Lipinski definition) is 3. The number of anilines is 1. The van der Waals surface area contributed by atoms with Gasteiger partial charge in [-0.3, -0.25) is 0 Å². The Morgan fingerprint density at radius 1 is 0.895 bits per heavy atom. The number of fused-ring (bicyclic) bond motifs is 1. The maximum Gasteiger partial charge on any atom is 0.142 e. The third-order valence-electron chi connectivity index (χ3n) is 4.21. The quantitative estimate of drug-likeness (QED) is 0.831. The van der Waals surface area contributed by atoms with E-state index in [2.05, 4.69) is 34.1 Å². The van der Waals surface area contributed by atoms with Crippen LogP contribution in [0.25, 0.3) is 0 Å². The third kappa shape index (κ3) is 3.21. The molecule has 104 valence electrons. The number of hydrogen-bond donors (Lipinski definition) is 0. The van der Waals surface area contributed by atoms with Crippen molar-refractivity contribution in [1.82, 2.24) is 4.90 Å². The molecule has 3 rings (SSSR count). The Balaban J connectivity index is 1.58. The standard InChI is InChI=1S/C16H24N2O/c1-2-6-10-17(9-5-1)11-12-18-13-14-19-16-8-4-3-7-15(16)18/h3-4,7-8H,1-2,5-6,9-14H2. The van der Waals surface area contributed by atoms with Crippen molar-refractivity contribution in [3.8, 4) is 5.75 Å². The molecule has 1 aromatic carbocycles. The number of likely N-dealkylation sites (tertiary alicyclic amines) is 1. The molecule has 0 N–H and O–H groups in total. The van der Waals surface area contributed by atoms with Crippen LogP contribution in [0.3, 0.4) is 0 Å². The first kappa shape index (κ1) is 12.8. The van der Waals surface area contributed by atoms with Crippen LogP contribution in [-0.4, -0.2) is 44.2 Å². The highest BCUT2D eigenvalue weighted by Gasteiger charge is 2.18. The molecule has 1 saturated heterocycles. The van der Waals surface area contributed by atoms with Gasteiger partial charge < -0.3 is 14.5 Å². The van der Waals surface area contributed by atoms with Gasteiger partial charge in [-0.2, -0.15) is 0 Å². The maximum absolute atomic E-state index is 5.71. The molecule has 0 aliphatic carbocycles. The molecule has 0 radical (unpaired) electrons. The van der Waals surface area contributed by atoms with Crippen LogP contribution in [0.4, 0.5) is 5.69 Å². The van der Waals surface area contributed by atoms with E-state index in [1.165, 1.54) is 51.0 Å². The molecule has 1 aromatic rings. The van der Waals surface area contributed by atoms with E-state index in [9.17, 15) is 0 Å². The van der Waals surface area contributed by atoms with Gasteiger partial charge in [0.2, 0.25) is 0 Å². The van der Waals surface area contributed by atoms with E-state index in [0.717, 1.165) is 25.4 Å². The number of para-hydroxylation sites is 2. The summed E-state index contributed by atoms with van der Waals surface area (Å²) < 4.78 is 5.71. The Bertz CT molecular complexity index is 399. The summed E-state index contributed by atoms with van der Waals surface area (Å²) >= 11 is 0. The first-order valence-electron chi connectivity index (χ1n) is 7.62. The minimum atomic E-state index is 0.816. The second-order valence-electron chi connectivity index (χ2n) is 5.56. The minimum Gasteiger partial charge on any atom is -0.490 e. The summed E-state index contributed by atoms with van der Waals surface area (Å²) in [5.41, 5.74) is 1.27. The fourth-order valence-electron chi connectivity index (χ4n) is 3.08. The summed E-state index contributed by atoms with van der Waals surface area (Å²) in [6.45, 7) is 6.72. The minimum absolute atomic E-state index is 0.816. The second kappa shape index (κ2) is 6.29. The van der Waals surface area contributed by atoms with Crippen molar-refractivity contribution in [3.05, 3.63) is 24.3 Å². The molecule has 2 aliphatic heterocycles. The topological polar surface area (TPSA) is 15.7 Å². The summed E-state index contributed by atoms with van der Waals surface area (Å²) in [5.74, 6) is 1.05. The van der Waals surface area contributed by atoms with Crippen LogP contribution in [0.1, 0.15) is 25.7 Å². The molecule has 2 heterocycles. The summed E-state index contributed by atoms with van der Waals surface area (Å²) in [5, 5.41) is 0. The molecule has 0 unspecified atom stereocenters. The lowest BCUT2D eigenvalue weighted by Crippen LogP contribution is -2.39. The third-order valence-corrected chi connectivity index (χ3v) is 4.21. The molecular formula is C16H24N2O. The van der Waals surface area contributed by atoms with Crippen molar-refractivity contribution < 1.29 is 4.74 Å². The molecule has 0 saturated carbocycles. The molecule has 3 heteroatoms. The van der Waals surface area contributed by atoms with Gasteiger partial charge in [0, 0.05) is 13.1 Å². The lowest BCUT2D eigenvalue weighted by Gasteiger charge is -2.33. The normalized spacial score (nSPS) is 20.5. The molecule has 0 bridgehead atoms. The number of benzene rings is 1. The average molecular weight is 260 g/mol. The van der Waals surface area contributed by atoms with E-state index >= 15 is 0 Å². The average Bonchev–Trinajstić information content (AvgIpc) is 2.74. The Labute approximate surface area is 116 Å². The van der Waals surface area contributed by atoms with Gasteiger partial charge in [-0.05, 0) is 38.1 Å². The highest BCUT2D eigenvalue weighted by atomic mass is 16.5. The monoisotopic (exact) mass is 260 g/mol. The van der Waals surface area contributed by atoms with Gasteiger partial charge >= 0.3 is 0 Å². The number of nitrogens with zero attached hydrogens (tertiary/aromatic N) is 2. The van der Waals surface area contributed by atoms with Gasteiger partial charge in [0.1, 0.15) is 12.4 Å². The van der Waals surface area contributed by atoms with Gasteiger partial charge in [0.15, 0.2) is 0 Å². The highest BCUT2D eigenvalue weighted by molar-refractivity contribution is 5.59. The van der Waals surface area contributed by atoms with E-state index in [1.54, 1.807) is 0 Å². The Kier molecular flexibility index (Phi) is 4.23. The Morgan fingerprint density at radius 2 is 1.68 bits per heavy atom. The van der Waals surface area contributed by atoms with Crippen LogP contribution in [0, 0.1) is 0 Å². The number of ether oxygens (including phenoxy) is 1. The van der Waals surface area contributed by atoms with Gasteiger partial charge in [-0.25, -0.2) is 0 Å². The van der Waals surface area contributed by atoms with E-state index < -0.39 is 0 Å². The van der Waals surface area contributed by atoms with E-state index in [4.69, 9.17) is 4.74 Å². The molecule has 19 heavy (non-hydrogen) atoms. The molecule has 0 spiro atoms. The molecular weight excluding hydrogens is 236 g/mol. The van der Waals surface area contributed by atoms with Crippen LogP contribution >= 0.6 is 0 Å². The zero-order valence-corrected chi connectivity index (χ0v) is 11.7. The van der Waals surface area contributed by atoms with E-state index in [0.29, 0.717) is 0 Å². The molecule has 1 fully saturated rings. The number of rotatable bonds is 3. The molecule has 3 nitrogen and oxygen atoms in total. The Hall–Kier alpha value is -1.22. The predicted octanol–water partition coefficient (Wildman–Crippen LogP) is 2.76. The van der Waals surface area contributed by atoms with Crippen molar-refractivity contribution in [2.24, 2.45) is 0 Å². The van der Waals surface area contributed by atoms with Crippen LogP contribution in [0.15, 0.2) is 24.3 Å². The van der Waals surface area contributed by atoms with Crippen LogP contribution < -0.4 is 9.64 Å². The van der Waals surface area contributed by atoms with Crippen LogP contribution in [0.2, 0.25) is 0 Å². The molecule has 0 atom stereocenters. The maximum atomic E-state index is 5.71. The van der Waals surface area contributed by atoms with Crippen LogP contribution in [0.5, 0.6) is 5.75 Å². The van der Waals surface area contributed by atoms with Gasteiger partial charge in [-0.1, -0.05) is 25.0 Å². The second-order valence-corrected chi connectivity index (χ2v) is 5.56. The zero-order valence-electron chi connectivity index (χ0n) is 11.7. The van der Waals surface area contributed by atoms with Gasteiger partial charge in [0.05, 0.1) is 12.2 Å². The van der Waals surface area contributed by atoms with Gasteiger partial charge in [0.25, 0.3) is 0 Å². The van der Waals surface area contributed by atoms with Crippen molar-refractivity contribution >= 4 is 5.69 Å². The van der Waals surface area contributed by atoms with Crippen LogP contribution in [-0.2, 0) is 0 Å². The van der Waals surface area contributed by atoms with Crippen molar-refractivity contribution in [2.75, 3.05) is 44.2 Å². The summed E-state index contributed by atoms with van der Waals surface area (Å²) in [6, 6.07) is 8.41. The molecule has 0 aromatic heterocycles. The smallest absolute Gasteiger partial charge is 0.142 e. The highest BCUT2D eigenvalue weighted by Crippen LogP contribution is 2.30. The van der Waals surface area contributed by atoms with Crippen molar-refractivity contribution in [1.29, 1.82) is 0 Å². The summed E-state index contributed by atoms with van der Waals surface area (Å²) in [6.07, 6.45) is 5.58. The van der Waals surface area contributed by atoms with E-state index in [-0.39, 0.29) is 0 Å². The SMILES string of the molecule is c1ccc2c(c1)OCCN2CCN1CCCCCC1. The predicted molar refractivity (Wildman–Crippen MR) is 79.1 cm³/mol. The molecule has 0 amide bonds. The summed E-state index contributed by atoms with van der Waals surface area (Å²) in [7, 11) is 0. The van der Waals surface area contributed by atoms with Crippen molar-refractivity contribution in [2.45, 2.75) is 25.7 Å². The van der Waals surface area contributed by atoms with E-state index in [1.807, 2.05) is 0 Å². The largest absolute Gasteiger partial charge is 0.490 e. The lowest BCUT2D eigenvalue weighted by molar-refractivity contribution is 0.275. The fraction of sp³-hybridized carbons (Fsp3) is 0.625. The summed E-state index contributed by atoms with van der Waals surface area (Å²) in [4.78, 5) is 5.11. The lowest BCUT2D eigenvalue weighted by atomic mass is 10.2. The fourth-order valence-corrected chi connectivity index (χ4v) is 3.08. The first-order valence-corrected chi connectivity index (χ1v) is 7.62. The van der Waals surface area contributed by atoms with Gasteiger partial charge in [-0.15, -0.1) is 0 Å². The zero-order chi connectivity index (χ0) is 12.9.